The van der Waals surface area contributed by atoms with Gasteiger partial charge in [-0.2, -0.15) is 0 Å². The summed E-state index contributed by atoms with van der Waals surface area (Å²) in [6.07, 6.45) is 3.15. The molecule has 0 atom stereocenters. The molecule has 0 saturated heterocycles. The van der Waals surface area contributed by atoms with Crippen molar-refractivity contribution in [3.8, 4) is 0 Å². The minimum absolute atomic E-state index is 0.952. The van der Waals surface area contributed by atoms with Crippen LogP contribution < -0.4 is 5.32 Å². The Morgan fingerprint density at radius 3 is 2.28 bits per heavy atom. The van der Waals surface area contributed by atoms with Gasteiger partial charge in [-0.25, -0.2) is 9.97 Å². The first-order valence-electron chi connectivity index (χ1n) is 6.77. The van der Waals surface area contributed by atoms with Gasteiger partial charge in [0.1, 0.15) is 0 Å². The maximum atomic E-state index is 4.75. The summed E-state index contributed by atoms with van der Waals surface area (Å²) in [4.78, 5) is 9.45. The number of nitrogens with zero attached hydrogens (tertiary/aromatic N) is 2. The molecule has 18 heavy (non-hydrogen) atoms. The van der Waals surface area contributed by atoms with Crippen LogP contribution in [0.15, 0.2) is 12.1 Å². The van der Waals surface area contributed by atoms with Gasteiger partial charge in [0, 0.05) is 0 Å². The molecule has 3 rings (SSSR count). The van der Waals surface area contributed by atoms with Gasteiger partial charge in [-0.05, 0) is 62.5 Å². The Hall–Kier alpha value is -1.48. The molecule has 0 fully saturated rings. The predicted octanol–water partition coefficient (Wildman–Crippen LogP) is 2.19. The second-order valence-corrected chi connectivity index (χ2v) is 4.97. The van der Waals surface area contributed by atoms with Crippen LogP contribution in [0, 0.1) is 6.92 Å². The molecule has 0 unspecified atom stereocenters. The standard InChI is InChI=1S/C15H19N3/c1-3-13-10(2)17-14-8-11-4-6-16-7-5-12(11)9-15(14)18-13/h8-9,16H,3-7H2,1-2H3. The molecule has 1 aliphatic heterocycles. The van der Waals surface area contributed by atoms with Gasteiger partial charge in [0.15, 0.2) is 0 Å². The van der Waals surface area contributed by atoms with E-state index >= 15 is 0 Å². The molecule has 2 aromatic rings. The zero-order chi connectivity index (χ0) is 12.5. The smallest absolute Gasteiger partial charge is 0.0893 e. The summed E-state index contributed by atoms with van der Waals surface area (Å²) in [5.74, 6) is 0. The van der Waals surface area contributed by atoms with E-state index in [2.05, 4.69) is 31.3 Å². The van der Waals surface area contributed by atoms with Crippen LogP contribution in [0.25, 0.3) is 11.0 Å². The van der Waals surface area contributed by atoms with Gasteiger partial charge in [0.05, 0.1) is 22.4 Å². The zero-order valence-electron chi connectivity index (χ0n) is 11.1. The van der Waals surface area contributed by atoms with E-state index in [0.29, 0.717) is 0 Å². The lowest BCUT2D eigenvalue weighted by atomic mass is 10.0. The third-order valence-electron chi connectivity index (χ3n) is 3.74. The first-order valence-corrected chi connectivity index (χ1v) is 6.77. The van der Waals surface area contributed by atoms with Crippen molar-refractivity contribution in [2.45, 2.75) is 33.1 Å². The van der Waals surface area contributed by atoms with Crippen molar-refractivity contribution < 1.29 is 0 Å². The number of rotatable bonds is 1. The molecule has 1 aromatic carbocycles. The fourth-order valence-corrected chi connectivity index (χ4v) is 2.69. The molecule has 3 heteroatoms. The van der Waals surface area contributed by atoms with E-state index in [-0.39, 0.29) is 0 Å². The molecule has 94 valence electrons. The van der Waals surface area contributed by atoms with E-state index in [9.17, 15) is 0 Å². The second-order valence-electron chi connectivity index (χ2n) is 4.97. The van der Waals surface area contributed by atoms with Gasteiger partial charge in [0.2, 0.25) is 0 Å². The lowest BCUT2D eigenvalue weighted by Crippen LogP contribution is -2.16. The second kappa shape index (κ2) is 4.65. The molecule has 0 bridgehead atoms. The molecule has 0 aliphatic carbocycles. The molecule has 2 heterocycles. The molecular formula is C15H19N3. The topological polar surface area (TPSA) is 37.8 Å². The van der Waals surface area contributed by atoms with Crippen molar-refractivity contribution in [3.05, 3.63) is 34.6 Å². The Morgan fingerprint density at radius 1 is 1.06 bits per heavy atom. The Kier molecular flexibility index (Phi) is 3.00. The van der Waals surface area contributed by atoms with Crippen LogP contribution in [-0.4, -0.2) is 23.1 Å². The van der Waals surface area contributed by atoms with Gasteiger partial charge in [0.25, 0.3) is 0 Å². The van der Waals surface area contributed by atoms with E-state index in [1.54, 1.807) is 0 Å². The Bertz CT molecular complexity index is 590. The van der Waals surface area contributed by atoms with Crippen molar-refractivity contribution in [1.82, 2.24) is 15.3 Å². The van der Waals surface area contributed by atoms with Crippen LogP contribution in [0.1, 0.15) is 29.4 Å². The highest BCUT2D eigenvalue weighted by Gasteiger charge is 2.11. The maximum absolute atomic E-state index is 4.75. The van der Waals surface area contributed by atoms with Gasteiger partial charge in [-0.3, -0.25) is 0 Å². The molecule has 0 saturated carbocycles. The SMILES string of the molecule is CCc1nc2cc3c(cc2nc1C)CCNCC3. The number of hydrogen-bond donors (Lipinski definition) is 1. The van der Waals surface area contributed by atoms with Crippen molar-refractivity contribution in [3.63, 3.8) is 0 Å². The van der Waals surface area contributed by atoms with Crippen molar-refractivity contribution in [2.75, 3.05) is 13.1 Å². The lowest BCUT2D eigenvalue weighted by Gasteiger charge is -2.09. The number of benzene rings is 1. The quantitative estimate of drug-likeness (QED) is 0.831. The summed E-state index contributed by atoms with van der Waals surface area (Å²) in [7, 11) is 0. The highest BCUT2D eigenvalue weighted by atomic mass is 14.9. The molecule has 0 spiro atoms. The van der Waals surface area contributed by atoms with Crippen molar-refractivity contribution in [2.24, 2.45) is 0 Å². The van der Waals surface area contributed by atoms with Gasteiger partial charge in [-0.1, -0.05) is 6.92 Å². The number of nitrogens with one attached hydrogen (secondary N) is 1. The summed E-state index contributed by atoms with van der Waals surface area (Å²) in [6.45, 7) is 6.32. The molecule has 0 amide bonds. The summed E-state index contributed by atoms with van der Waals surface area (Å²) in [5, 5.41) is 3.44. The number of aromatic nitrogens is 2. The predicted molar refractivity (Wildman–Crippen MR) is 73.9 cm³/mol. The first kappa shape index (κ1) is 11.6. The Balaban J connectivity index is 2.19. The Morgan fingerprint density at radius 2 is 1.67 bits per heavy atom. The van der Waals surface area contributed by atoms with Crippen molar-refractivity contribution >= 4 is 11.0 Å². The molecule has 3 nitrogen and oxygen atoms in total. The van der Waals surface area contributed by atoms with Crippen LogP contribution in [0.3, 0.4) is 0 Å². The number of aryl methyl sites for hydroxylation is 2. The van der Waals surface area contributed by atoms with Crippen molar-refractivity contribution in [1.29, 1.82) is 0 Å². The average Bonchev–Trinajstić information content (AvgIpc) is 2.60. The lowest BCUT2D eigenvalue weighted by molar-refractivity contribution is 0.711. The molecule has 1 aliphatic rings. The van der Waals surface area contributed by atoms with Crippen LogP contribution in [0.4, 0.5) is 0 Å². The van der Waals surface area contributed by atoms with Gasteiger partial charge < -0.3 is 5.32 Å². The van der Waals surface area contributed by atoms with Crippen LogP contribution in [0.5, 0.6) is 0 Å². The minimum atomic E-state index is 0.952. The summed E-state index contributed by atoms with van der Waals surface area (Å²) in [6, 6.07) is 4.47. The number of fused-ring (bicyclic) bond motifs is 2. The highest BCUT2D eigenvalue weighted by molar-refractivity contribution is 5.76. The molecule has 1 aromatic heterocycles. The fraction of sp³-hybridized carbons (Fsp3) is 0.467. The fourth-order valence-electron chi connectivity index (χ4n) is 2.69. The van der Waals surface area contributed by atoms with E-state index < -0.39 is 0 Å². The van der Waals surface area contributed by atoms with E-state index in [0.717, 1.165) is 54.8 Å². The average molecular weight is 241 g/mol. The minimum Gasteiger partial charge on any atom is -0.316 e. The van der Waals surface area contributed by atoms with E-state index in [1.807, 2.05) is 0 Å². The zero-order valence-corrected chi connectivity index (χ0v) is 11.1. The van der Waals surface area contributed by atoms with E-state index in [4.69, 9.17) is 9.97 Å². The Labute approximate surface area is 108 Å². The molecular weight excluding hydrogens is 222 g/mol. The largest absolute Gasteiger partial charge is 0.316 e. The monoisotopic (exact) mass is 241 g/mol. The summed E-state index contributed by atoms with van der Waals surface area (Å²) >= 11 is 0. The van der Waals surface area contributed by atoms with Crippen LogP contribution in [0.2, 0.25) is 0 Å². The normalized spacial score (nSPS) is 15.4. The maximum Gasteiger partial charge on any atom is 0.0893 e. The van der Waals surface area contributed by atoms with Crippen LogP contribution in [-0.2, 0) is 19.3 Å². The van der Waals surface area contributed by atoms with E-state index in [1.165, 1.54) is 11.1 Å². The van der Waals surface area contributed by atoms with Gasteiger partial charge in [-0.15, -0.1) is 0 Å². The van der Waals surface area contributed by atoms with Crippen LogP contribution >= 0.6 is 0 Å². The third kappa shape index (κ3) is 1.99. The summed E-state index contributed by atoms with van der Waals surface area (Å²) in [5.41, 5.74) is 7.16. The molecule has 0 radical (unpaired) electrons. The third-order valence-corrected chi connectivity index (χ3v) is 3.74. The highest BCUT2D eigenvalue weighted by Crippen LogP contribution is 2.21. The molecule has 1 N–H and O–H groups in total. The number of hydrogen-bond acceptors (Lipinski definition) is 3. The van der Waals surface area contributed by atoms with Gasteiger partial charge >= 0.3 is 0 Å². The summed E-state index contributed by atoms with van der Waals surface area (Å²) < 4.78 is 0. The first-order chi connectivity index (χ1) is 8.78.